The summed E-state index contributed by atoms with van der Waals surface area (Å²) >= 11 is 6.31. The van der Waals surface area contributed by atoms with Gasteiger partial charge in [-0.3, -0.25) is 24.3 Å². The number of anilines is 4. The Kier molecular flexibility index (Phi) is 11.2. The van der Waals surface area contributed by atoms with Gasteiger partial charge in [0, 0.05) is 67.8 Å². The van der Waals surface area contributed by atoms with E-state index in [0.29, 0.717) is 46.3 Å². The quantitative estimate of drug-likeness (QED) is 0.163. The van der Waals surface area contributed by atoms with Crippen LogP contribution in [-0.4, -0.2) is 90.7 Å². The SMILES string of the molecule is Cc1cc(S(=O)(=O)C2CC3(CCN(CC4CCN(c5ccc(N(C)C6CCC(=O)NC6=O)cc5)CC4)CC3)C2)ccc1Nc1ncc2cc(Cl)c(=O)n(C3CCCC3)c2n1. The van der Waals surface area contributed by atoms with Gasteiger partial charge in [0.15, 0.2) is 9.84 Å². The molecule has 1 spiro atoms. The second-order valence-electron chi connectivity index (χ2n) is 18.1. The Hall–Kier alpha value is -4.53. The van der Waals surface area contributed by atoms with Gasteiger partial charge >= 0.3 is 0 Å². The molecule has 13 nitrogen and oxygen atoms in total. The number of nitrogens with zero attached hydrogens (tertiary/aromatic N) is 6. The molecule has 2 aromatic heterocycles. The van der Waals surface area contributed by atoms with Gasteiger partial charge < -0.3 is 20.0 Å². The number of benzene rings is 2. The highest BCUT2D eigenvalue weighted by Gasteiger charge is 2.51. The van der Waals surface area contributed by atoms with Crippen molar-refractivity contribution >= 4 is 67.3 Å². The van der Waals surface area contributed by atoms with E-state index in [4.69, 9.17) is 16.6 Å². The van der Waals surface area contributed by atoms with E-state index in [1.807, 2.05) is 18.9 Å². The van der Waals surface area contributed by atoms with Crippen LogP contribution in [0.5, 0.6) is 0 Å². The lowest BCUT2D eigenvalue weighted by molar-refractivity contribution is -0.134. The summed E-state index contributed by atoms with van der Waals surface area (Å²) in [5.41, 5.74) is 4.09. The number of aromatic nitrogens is 3. The Labute approximate surface area is 356 Å². The summed E-state index contributed by atoms with van der Waals surface area (Å²) in [6.07, 6.45) is 12.3. The maximum Gasteiger partial charge on any atom is 0.271 e. The molecule has 5 heterocycles. The number of likely N-dealkylation sites (tertiary alicyclic amines) is 1. The van der Waals surface area contributed by atoms with Crippen LogP contribution in [0.15, 0.2) is 64.4 Å². The molecule has 0 bridgehead atoms. The average molecular weight is 856 g/mol. The van der Waals surface area contributed by atoms with Crippen molar-refractivity contribution in [3.8, 4) is 0 Å². The number of likely N-dealkylation sites (N-methyl/N-ethyl adjacent to an activating group) is 1. The van der Waals surface area contributed by atoms with Gasteiger partial charge in [0.05, 0.1) is 10.1 Å². The fraction of sp³-hybridized carbons (Fsp3) is 0.533. The zero-order valence-electron chi connectivity index (χ0n) is 34.5. The predicted molar refractivity (Wildman–Crippen MR) is 235 cm³/mol. The molecule has 1 unspecified atom stereocenters. The number of hydrogen-bond acceptors (Lipinski definition) is 11. The molecule has 2 N–H and O–H groups in total. The summed E-state index contributed by atoms with van der Waals surface area (Å²) in [6.45, 7) is 7.06. The summed E-state index contributed by atoms with van der Waals surface area (Å²) in [5, 5.41) is 6.23. The third kappa shape index (κ3) is 8.02. The molecule has 2 aromatic carbocycles. The summed E-state index contributed by atoms with van der Waals surface area (Å²) in [7, 11) is -1.57. The van der Waals surface area contributed by atoms with E-state index in [1.165, 1.54) is 5.69 Å². The summed E-state index contributed by atoms with van der Waals surface area (Å²) in [4.78, 5) is 53.6. The largest absolute Gasteiger partial charge is 0.372 e. The standard InChI is InChI=1S/C45H55ClN8O5S/c1-29-23-35(11-12-38(29)48-44-47-27-31-24-37(46)43(57)54(41(31)50-44)34-5-3-4-6-34)60(58,59)36-25-45(26-36)17-21-52(22-18-45)28-30-15-19-53(20-16-30)33-9-7-32(8-10-33)51(2)39-13-14-40(55)49-42(39)56/h7-12,23-24,27,30,34,36,39H,3-6,13-22,25-26,28H2,1-2H3,(H,47,48,50)(H,49,55,56). The number of imide groups is 1. The number of carbonyl (C=O) groups is 2. The number of pyridine rings is 1. The fourth-order valence-electron chi connectivity index (χ4n) is 10.5. The van der Waals surface area contributed by atoms with E-state index in [9.17, 15) is 22.8 Å². The van der Waals surface area contributed by atoms with Crippen LogP contribution in [0, 0.1) is 18.3 Å². The zero-order chi connectivity index (χ0) is 41.8. The number of sulfone groups is 1. The summed E-state index contributed by atoms with van der Waals surface area (Å²) < 4.78 is 29.5. The number of rotatable bonds is 10. The van der Waals surface area contributed by atoms with Gasteiger partial charge in [-0.1, -0.05) is 24.4 Å². The Morgan fingerprint density at radius 2 is 1.65 bits per heavy atom. The Morgan fingerprint density at radius 1 is 0.933 bits per heavy atom. The summed E-state index contributed by atoms with van der Waals surface area (Å²) in [5.74, 6) is 0.559. The highest BCUT2D eigenvalue weighted by atomic mass is 35.5. The van der Waals surface area contributed by atoms with Crippen molar-refractivity contribution in [2.24, 2.45) is 11.3 Å². The second kappa shape index (κ2) is 16.4. The number of amides is 2. The van der Waals surface area contributed by atoms with Crippen molar-refractivity contribution in [2.45, 2.75) is 106 Å². The number of hydrogen-bond donors (Lipinski definition) is 2. The third-order valence-electron chi connectivity index (χ3n) is 14.3. The molecule has 318 valence electrons. The number of nitrogens with one attached hydrogen (secondary N) is 2. The zero-order valence-corrected chi connectivity index (χ0v) is 36.1. The molecule has 3 saturated heterocycles. The normalized spacial score (nSPS) is 22.0. The monoisotopic (exact) mass is 854 g/mol. The first-order valence-electron chi connectivity index (χ1n) is 21.7. The van der Waals surface area contributed by atoms with Gasteiger partial charge in [0.25, 0.3) is 5.56 Å². The van der Waals surface area contributed by atoms with Crippen LogP contribution in [0.1, 0.15) is 88.7 Å². The molecule has 9 rings (SSSR count). The number of halogens is 1. The van der Waals surface area contributed by atoms with Gasteiger partial charge in [-0.25, -0.2) is 13.4 Å². The minimum absolute atomic E-state index is 0.0583. The first-order chi connectivity index (χ1) is 28.9. The first kappa shape index (κ1) is 40.9. The Morgan fingerprint density at radius 3 is 2.33 bits per heavy atom. The molecule has 60 heavy (non-hydrogen) atoms. The van der Waals surface area contributed by atoms with Crippen LogP contribution in [0.4, 0.5) is 23.0 Å². The van der Waals surface area contributed by atoms with Gasteiger partial charge in [-0.15, -0.1) is 0 Å². The number of aryl methyl sites for hydroxylation is 1. The van der Waals surface area contributed by atoms with Crippen LogP contribution in [0.25, 0.3) is 11.0 Å². The molecule has 2 aliphatic carbocycles. The van der Waals surface area contributed by atoms with Gasteiger partial charge in [0.2, 0.25) is 17.8 Å². The van der Waals surface area contributed by atoms with Crippen LogP contribution in [0.2, 0.25) is 5.02 Å². The van der Waals surface area contributed by atoms with E-state index in [-0.39, 0.29) is 45.1 Å². The van der Waals surface area contributed by atoms with Crippen molar-refractivity contribution in [1.29, 1.82) is 0 Å². The Balaban J connectivity index is 0.747. The predicted octanol–water partition coefficient (Wildman–Crippen LogP) is 6.79. The summed E-state index contributed by atoms with van der Waals surface area (Å²) in [6, 6.07) is 15.0. The van der Waals surface area contributed by atoms with Gasteiger partial charge in [-0.05, 0) is 143 Å². The average Bonchev–Trinajstić information content (AvgIpc) is 3.76. The molecule has 5 fully saturated rings. The highest BCUT2D eigenvalue weighted by Crippen LogP contribution is 2.53. The molecule has 5 aliphatic rings. The maximum absolute atomic E-state index is 13.9. The number of carbonyl (C=O) groups excluding carboxylic acids is 2. The molecule has 15 heteroatoms. The third-order valence-corrected chi connectivity index (χ3v) is 16.7. The topological polar surface area (TPSA) is 150 Å². The van der Waals surface area contributed by atoms with E-state index in [1.54, 1.807) is 35.0 Å². The van der Waals surface area contributed by atoms with E-state index < -0.39 is 9.84 Å². The van der Waals surface area contributed by atoms with Crippen molar-refractivity contribution < 1.29 is 18.0 Å². The molecule has 2 amide bonds. The van der Waals surface area contributed by atoms with Crippen molar-refractivity contribution in [1.82, 2.24) is 24.8 Å². The minimum Gasteiger partial charge on any atom is -0.372 e. The molecular formula is C45H55ClN8O5S. The minimum atomic E-state index is -3.48. The van der Waals surface area contributed by atoms with Crippen molar-refractivity contribution in [2.75, 3.05) is 54.9 Å². The molecule has 4 aromatic rings. The van der Waals surface area contributed by atoms with E-state index >= 15 is 0 Å². The first-order valence-corrected chi connectivity index (χ1v) is 23.6. The van der Waals surface area contributed by atoms with E-state index in [2.05, 4.69) is 49.7 Å². The fourth-order valence-corrected chi connectivity index (χ4v) is 12.9. The molecule has 0 radical (unpaired) electrons. The highest BCUT2D eigenvalue weighted by molar-refractivity contribution is 7.92. The molecule has 3 aliphatic heterocycles. The lowest BCUT2D eigenvalue weighted by atomic mass is 9.63. The van der Waals surface area contributed by atoms with Crippen LogP contribution in [-0.2, 0) is 19.4 Å². The van der Waals surface area contributed by atoms with E-state index in [0.717, 1.165) is 108 Å². The molecule has 2 saturated carbocycles. The Bertz CT molecular complexity index is 2450. The maximum atomic E-state index is 13.9. The van der Waals surface area contributed by atoms with Gasteiger partial charge in [-0.2, -0.15) is 4.98 Å². The van der Waals surface area contributed by atoms with Crippen molar-refractivity contribution in [3.63, 3.8) is 0 Å². The smallest absolute Gasteiger partial charge is 0.271 e. The molecule has 1 atom stereocenters. The van der Waals surface area contributed by atoms with Crippen LogP contribution in [0.3, 0.4) is 0 Å². The number of fused-ring (bicyclic) bond motifs is 1. The van der Waals surface area contributed by atoms with Crippen LogP contribution >= 0.6 is 11.6 Å². The second-order valence-corrected chi connectivity index (χ2v) is 20.7. The number of piperidine rings is 3. The lowest BCUT2D eigenvalue weighted by Gasteiger charge is -2.52. The lowest BCUT2D eigenvalue weighted by Crippen LogP contribution is -2.52. The van der Waals surface area contributed by atoms with Crippen molar-refractivity contribution in [3.05, 3.63) is 75.7 Å². The van der Waals surface area contributed by atoms with Gasteiger partial charge in [0.1, 0.15) is 16.7 Å². The van der Waals surface area contributed by atoms with Crippen LogP contribution < -0.4 is 26.0 Å². The molecular weight excluding hydrogens is 800 g/mol.